The zero-order valence-electron chi connectivity index (χ0n) is 15.3. The third kappa shape index (κ3) is 4.11. The number of hydrogen-bond acceptors (Lipinski definition) is 3. The number of carbonyl (C=O) groups excluding carboxylic acids is 1. The van der Waals surface area contributed by atoms with Gasteiger partial charge in [-0.05, 0) is 31.0 Å². The number of aryl methyl sites for hydroxylation is 1. The van der Waals surface area contributed by atoms with Gasteiger partial charge < -0.3 is 9.32 Å². The van der Waals surface area contributed by atoms with Crippen molar-refractivity contribution in [1.29, 1.82) is 0 Å². The van der Waals surface area contributed by atoms with Crippen molar-refractivity contribution in [1.82, 2.24) is 9.88 Å². The minimum atomic E-state index is -0.383. The first-order valence-corrected chi connectivity index (χ1v) is 9.34. The van der Waals surface area contributed by atoms with E-state index in [0.717, 1.165) is 12.8 Å². The summed E-state index contributed by atoms with van der Waals surface area (Å²) in [6, 6.07) is 13.0. The standard InChI is InChI=1S/C22H20F2N2O2/c23-18-7-3-1-5-15(18)14-26(16-9-10-16)22(27)12-11-21-25-13-20(28-21)17-6-2-4-8-19(17)24/h1-8,13,16H,9-12,14H2. The Balaban J connectivity index is 1.40. The summed E-state index contributed by atoms with van der Waals surface area (Å²) in [6.07, 6.45) is 3.87. The molecule has 2 aromatic carbocycles. The van der Waals surface area contributed by atoms with Crippen LogP contribution in [0.15, 0.2) is 59.1 Å². The van der Waals surface area contributed by atoms with Crippen molar-refractivity contribution in [2.75, 3.05) is 0 Å². The Morgan fingerprint density at radius 3 is 2.50 bits per heavy atom. The molecule has 3 aromatic rings. The van der Waals surface area contributed by atoms with Gasteiger partial charge >= 0.3 is 0 Å². The molecule has 1 saturated carbocycles. The number of halogens is 2. The molecule has 0 radical (unpaired) electrons. The lowest BCUT2D eigenvalue weighted by atomic mass is 10.1. The van der Waals surface area contributed by atoms with E-state index in [1.54, 1.807) is 41.3 Å². The zero-order valence-corrected chi connectivity index (χ0v) is 15.3. The molecule has 0 bridgehead atoms. The van der Waals surface area contributed by atoms with Crippen LogP contribution in [-0.2, 0) is 17.8 Å². The highest BCUT2D eigenvalue weighted by molar-refractivity contribution is 5.77. The van der Waals surface area contributed by atoms with E-state index in [0.29, 0.717) is 29.2 Å². The number of rotatable bonds is 7. The summed E-state index contributed by atoms with van der Waals surface area (Å²) in [7, 11) is 0. The van der Waals surface area contributed by atoms with Crippen LogP contribution in [0, 0.1) is 11.6 Å². The molecule has 144 valence electrons. The smallest absolute Gasteiger partial charge is 0.223 e. The summed E-state index contributed by atoms with van der Waals surface area (Å²) in [5.41, 5.74) is 0.854. The van der Waals surface area contributed by atoms with E-state index in [2.05, 4.69) is 4.98 Å². The van der Waals surface area contributed by atoms with Crippen molar-refractivity contribution in [2.45, 2.75) is 38.3 Å². The van der Waals surface area contributed by atoms with E-state index in [4.69, 9.17) is 4.42 Å². The van der Waals surface area contributed by atoms with Gasteiger partial charge in [0.1, 0.15) is 11.6 Å². The largest absolute Gasteiger partial charge is 0.441 e. The molecule has 0 spiro atoms. The molecule has 6 heteroatoms. The van der Waals surface area contributed by atoms with Crippen molar-refractivity contribution in [3.05, 3.63) is 77.8 Å². The second-order valence-electron chi connectivity index (χ2n) is 6.94. The molecule has 4 nitrogen and oxygen atoms in total. The maximum absolute atomic E-state index is 14.0. The maximum Gasteiger partial charge on any atom is 0.223 e. The van der Waals surface area contributed by atoms with Crippen LogP contribution in [0.2, 0.25) is 0 Å². The van der Waals surface area contributed by atoms with Gasteiger partial charge in [0.2, 0.25) is 5.91 Å². The van der Waals surface area contributed by atoms with Gasteiger partial charge in [-0.15, -0.1) is 0 Å². The first kappa shape index (κ1) is 18.3. The van der Waals surface area contributed by atoms with E-state index < -0.39 is 0 Å². The molecule has 1 fully saturated rings. The van der Waals surface area contributed by atoms with E-state index in [1.165, 1.54) is 18.3 Å². The number of amides is 1. The minimum Gasteiger partial charge on any atom is -0.441 e. The average Bonchev–Trinajstić information content (AvgIpc) is 3.43. The lowest BCUT2D eigenvalue weighted by molar-refractivity contribution is -0.132. The van der Waals surface area contributed by atoms with E-state index in [9.17, 15) is 13.6 Å². The molecule has 1 heterocycles. The van der Waals surface area contributed by atoms with Crippen LogP contribution in [0.3, 0.4) is 0 Å². The molecule has 0 aliphatic heterocycles. The summed E-state index contributed by atoms with van der Waals surface area (Å²) in [4.78, 5) is 18.6. The van der Waals surface area contributed by atoms with Crippen molar-refractivity contribution < 1.29 is 18.0 Å². The van der Waals surface area contributed by atoms with Crippen molar-refractivity contribution in [3.8, 4) is 11.3 Å². The Hall–Kier alpha value is -3.02. The van der Waals surface area contributed by atoms with Crippen molar-refractivity contribution in [2.24, 2.45) is 0 Å². The summed E-state index contributed by atoms with van der Waals surface area (Å²) in [5, 5.41) is 0. The van der Waals surface area contributed by atoms with Crippen LogP contribution < -0.4 is 0 Å². The van der Waals surface area contributed by atoms with Gasteiger partial charge in [0.25, 0.3) is 0 Å². The maximum atomic E-state index is 14.0. The number of aromatic nitrogens is 1. The molecule has 0 saturated heterocycles. The monoisotopic (exact) mass is 382 g/mol. The lowest BCUT2D eigenvalue weighted by Gasteiger charge is -2.22. The molecular weight excluding hydrogens is 362 g/mol. The van der Waals surface area contributed by atoms with Gasteiger partial charge in [0.05, 0.1) is 11.8 Å². The fourth-order valence-corrected chi connectivity index (χ4v) is 3.19. The first-order chi connectivity index (χ1) is 13.6. The normalized spacial score (nSPS) is 13.5. The SMILES string of the molecule is O=C(CCc1ncc(-c2ccccc2F)o1)N(Cc1ccccc1F)C1CC1. The quantitative estimate of drug-likeness (QED) is 0.593. The molecular formula is C22H20F2N2O2. The zero-order chi connectivity index (χ0) is 19.5. The molecule has 4 rings (SSSR count). The third-order valence-electron chi connectivity index (χ3n) is 4.85. The number of oxazole rings is 1. The number of benzene rings is 2. The van der Waals surface area contributed by atoms with Gasteiger partial charge in [-0.1, -0.05) is 30.3 Å². The molecule has 28 heavy (non-hydrogen) atoms. The summed E-state index contributed by atoms with van der Waals surface area (Å²) in [6.45, 7) is 0.266. The molecule has 0 N–H and O–H groups in total. The molecule has 1 aromatic heterocycles. The Kier molecular flexibility index (Phi) is 5.19. The van der Waals surface area contributed by atoms with Gasteiger partial charge in [0, 0.05) is 31.0 Å². The van der Waals surface area contributed by atoms with E-state index >= 15 is 0 Å². The summed E-state index contributed by atoms with van der Waals surface area (Å²) < 4.78 is 33.4. The second-order valence-corrected chi connectivity index (χ2v) is 6.94. The Labute approximate surface area is 161 Å². The van der Waals surface area contributed by atoms with Gasteiger partial charge in [0.15, 0.2) is 11.7 Å². The topological polar surface area (TPSA) is 46.3 Å². The lowest BCUT2D eigenvalue weighted by Crippen LogP contribution is -2.33. The van der Waals surface area contributed by atoms with Crippen LogP contribution in [-0.4, -0.2) is 21.8 Å². The molecule has 0 atom stereocenters. The van der Waals surface area contributed by atoms with Crippen LogP contribution in [0.25, 0.3) is 11.3 Å². The Morgan fingerprint density at radius 1 is 1.07 bits per heavy atom. The molecule has 1 aliphatic rings. The highest BCUT2D eigenvalue weighted by Crippen LogP contribution is 2.30. The summed E-state index contributed by atoms with van der Waals surface area (Å²) in [5.74, 6) is -0.0233. The van der Waals surface area contributed by atoms with Crippen LogP contribution in [0.5, 0.6) is 0 Å². The minimum absolute atomic E-state index is 0.0589. The van der Waals surface area contributed by atoms with Gasteiger partial charge in [-0.2, -0.15) is 0 Å². The fourth-order valence-electron chi connectivity index (χ4n) is 3.19. The highest BCUT2D eigenvalue weighted by Gasteiger charge is 2.32. The summed E-state index contributed by atoms with van der Waals surface area (Å²) >= 11 is 0. The molecule has 1 amide bonds. The number of carbonyl (C=O) groups is 1. The first-order valence-electron chi connectivity index (χ1n) is 9.34. The Morgan fingerprint density at radius 2 is 1.79 bits per heavy atom. The van der Waals surface area contributed by atoms with Crippen LogP contribution in [0.1, 0.15) is 30.7 Å². The van der Waals surface area contributed by atoms with Crippen LogP contribution >= 0.6 is 0 Å². The van der Waals surface area contributed by atoms with Gasteiger partial charge in [-0.25, -0.2) is 13.8 Å². The fraction of sp³-hybridized carbons (Fsp3) is 0.273. The van der Waals surface area contributed by atoms with E-state index in [1.807, 2.05) is 0 Å². The number of hydrogen-bond donors (Lipinski definition) is 0. The van der Waals surface area contributed by atoms with Crippen LogP contribution in [0.4, 0.5) is 8.78 Å². The Bertz CT molecular complexity index is 982. The highest BCUT2D eigenvalue weighted by atomic mass is 19.1. The number of nitrogens with zero attached hydrogens (tertiary/aromatic N) is 2. The van der Waals surface area contributed by atoms with Crippen molar-refractivity contribution >= 4 is 5.91 Å². The predicted octanol–water partition coefficient (Wildman–Crippen LogP) is 4.74. The predicted molar refractivity (Wildman–Crippen MR) is 100 cm³/mol. The van der Waals surface area contributed by atoms with Gasteiger partial charge in [-0.3, -0.25) is 4.79 Å². The third-order valence-corrected chi connectivity index (χ3v) is 4.85. The molecule has 0 unspecified atom stereocenters. The van der Waals surface area contributed by atoms with E-state index in [-0.39, 0.29) is 36.5 Å². The molecule has 1 aliphatic carbocycles. The second kappa shape index (κ2) is 7.92. The van der Waals surface area contributed by atoms with Crippen molar-refractivity contribution in [3.63, 3.8) is 0 Å². The average molecular weight is 382 g/mol.